The number of hydrogen-bond acceptors (Lipinski definition) is 3. The van der Waals surface area contributed by atoms with Crippen molar-refractivity contribution >= 4 is 11.9 Å². The van der Waals surface area contributed by atoms with Gasteiger partial charge >= 0.3 is 6.03 Å². The third-order valence-corrected chi connectivity index (χ3v) is 2.89. The van der Waals surface area contributed by atoms with E-state index >= 15 is 0 Å². The Morgan fingerprint density at radius 1 is 1.29 bits per heavy atom. The van der Waals surface area contributed by atoms with Crippen molar-refractivity contribution in [3.63, 3.8) is 0 Å². The molecule has 0 radical (unpaired) electrons. The van der Waals surface area contributed by atoms with Crippen LogP contribution in [0.3, 0.4) is 0 Å². The van der Waals surface area contributed by atoms with Crippen molar-refractivity contribution in [1.29, 1.82) is 0 Å². The van der Waals surface area contributed by atoms with Gasteiger partial charge in [0.15, 0.2) is 0 Å². The second-order valence-electron chi connectivity index (χ2n) is 4.82. The van der Waals surface area contributed by atoms with Crippen molar-refractivity contribution in [2.24, 2.45) is 5.92 Å². The predicted octanol–water partition coefficient (Wildman–Crippen LogP) is 0.999. The molecule has 2 atom stereocenters. The predicted molar refractivity (Wildman–Crippen MR) is 66.6 cm³/mol. The summed E-state index contributed by atoms with van der Waals surface area (Å²) >= 11 is 0. The Balaban J connectivity index is 2.22. The zero-order valence-electron chi connectivity index (χ0n) is 10.9. The van der Waals surface area contributed by atoms with Crippen molar-refractivity contribution in [3.05, 3.63) is 0 Å². The van der Waals surface area contributed by atoms with Crippen molar-refractivity contribution in [3.8, 4) is 0 Å². The molecule has 5 nitrogen and oxygen atoms in total. The van der Waals surface area contributed by atoms with Gasteiger partial charge in [0.2, 0.25) is 5.91 Å². The maximum absolute atomic E-state index is 11.6. The van der Waals surface area contributed by atoms with E-state index in [4.69, 9.17) is 0 Å². The van der Waals surface area contributed by atoms with E-state index < -0.39 is 6.03 Å². The number of imide groups is 1. The summed E-state index contributed by atoms with van der Waals surface area (Å²) in [6, 6.07) is -0.454. The van der Waals surface area contributed by atoms with Crippen LogP contribution >= 0.6 is 0 Å². The van der Waals surface area contributed by atoms with Crippen molar-refractivity contribution in [2.45, 2.75) is 52.1 Å². The Hall–Kier alpha value is -1.10. The third kappa shape index (κ3) is 5.68. The number of rotatable bonds is 6. The van der Waals surface area contributed by atoms with Crippen LogP contribution in [0, 0.1) is 5.92 Å². The molecule has 0 aromatic carbocycles. The molecule has 0 aromatic rings. The van der Waals surface area contributed by atoms with E-state index in [0.29, 0.717) is 12.6 Å². The van der Waals surface area contributed by atoms with Crippen molar-refractivity contribution in [1.82, 2.24) is 16.0 Å². The first kappa shape index (κ1) is 14.0. The van der Waals surface area contributed by atoms with E-state index in [2.05, 4.69) is 22.9 Å². The van der Waals surface area contributed by atoms with Crippen molar-refractivity contribution in [2.75, 3.05) is 6.54 Å². The number of carbonyl (C=O) groups is 2. The lowest BCUT2D eigenvalue weighted by Gasteiger charge is -2.19. The van der Waals surface area contributed by atoms with Gasteiger partial charge in [-0.2, -0.15) is 0 Å². The van der Waals surface area contributed by atoms with Crippen LogP contribution in [0.1, 0.15) is 40.0 Å². The molecule has 0 bridgehead atoms. The fourth-order valence-corrected chi connectivity index (χ4v) is 1.85. The molecule has 1 aliphatic rings. The van der Waals surface area contributed by atoms with E-state index in [-0.39, 0.29) is 11.9 Å². The van der Waals surface area contributed by atoms with Gasteiger partial charge in [0.25, 0.3) is 0 Å². The van der Waals surface area contributed by atoms with E-state index in [1.807, 2.05) is 6.92 Å². The number of hydrogen-bond donors (Lipinski definition) is 3. The Morgan fingerprint density at radius 3 is 2.47 bits per heavy atom. The van der Waals surface area contributed by atoms with Crippen molar-refractivity contribution < 1.29 is 9.59 Å². The topological polar surface area (TPSA) is 70.2 Å². The van der Waals surface area contributed by atoms with Crippen LogP contribution in [0.15, 0.2) is 0 Å². The number of carbonyl (C=O) groups excluding carboxylic acids is 2. The van der Waals surface area contributed by atoms with E-state index in [1.54, 1.807) is 6.92 Å². The van der Waals surface area contributed by atoms with E-state index in [9.17, 15) is 9.59 Å². The van der Waals surface area contributed by atoms with Gasteiger partial charge in [-0.05, 0) is 33.1 Å². The van der Waals surface area contributed by atoms with Crippen LogP contribution in [0.25, 0.3) is 0 Å². The molecule has 1 saturated carbocycles. The molecule has 98 valence electrons. The second kappa shape index (κ2) is 6.59. The fraction of sp³-hybridized carbons (Fsp3) is 0.833. The van der Waals surface area contributed by atoms with Crippen LogP contribution in [-0.2, 0) is 4.79 Å². The highest BCUT2D eigenvalue weighted by atomic mass is 16.2. The van der Waals surface area contributed by atoms with Gasteiger partial charge in [0.05, 0.1) is 6.04 Å². The molecule has 0 heterocycles. The van der Waals surface area contributed by atoms with E-state index in [0.717, 1.165) is 12.3 Å². The minimum absolute atomic E-state index is 0.279. The summed E-state index contributed by atoms with van der Waals surface area (Å²) in [5, 5.41) is 8.04. The Kier molecular flexibility index (Phi) is 5.41. The SMILES string of the molecule is CCNC(=O)NC(=O)C(C)NC(C)CC1CC1. The van der Waals surface area contributed by atoms with Crippen LogP contribution < -0.4 is 16.0 Å². The third-order valence-electron chi connectivity index (χ3n) is 2.89. The zero-order valence-corrected chi connectivity index (χ0v) is 10.9. The Bertz CT molecular complexity index is 277. The first-order chi connectivity index (χ1) is 8.02. The Labute approximate surface area is 103 Å². The number of amides is 3. The zero-order chi connectivity index (χ0) is 12.8. The van der Waals surface area contributed by atoms with E-state index in [1.165, 1.54) is 12.8 Å². The molecule has 3 N–H and O–H groups in total. The molecule has 1 fully saturated rings. The molecule has 1 rings (SSSR count). The monoisotopic (exact) mass is 241 g/mol. The lowest BCUT2D eigenvalue weighted by atomic mass is 10.1. The summed E-state index contributed by atoms with van der Waals surface area (Å²) in [6.45, 7) is 6.18. The molecule has 2 unspecified atom stereocenters. The summed E-state index contributed by atoms with van der Waals surface area (Å²) in [7, 11) is 0. The normalized spacial score (nSPS) is 18.3. The highest BCUT2D eigenvalue weighted by molar-refractivity contribution is 5.96. The summed E-state index contributed by atoms with van der Waals surface area (Å²) in [4.78, 5) is 22.8. The summed E-state index contributed by atoms with van der Waals surface area (Å²) in [5.41, 5.74) is 0. The highest BCUT2D eigenvalue weighted by Gasteiger charge is 2.25. The second-order valence-corrected chi connectivity index (χ2v) is 4.82. The largest absolute Gasteiger partial charge is 0.338 e. The summed E-state index contributed by atoms with van der Waals surface area (Å²) in [6.07, 6.45) is 3.73. The molecule has 0 saturated heterocycles. The van der Waals surface area contributed by atoms with Gasteiger partial charge in [-0.3, -0.25) is 10.1 Å². The Morgan fingerprint density at radius 2 is 1.94 bits per heavy atom. The highest BCUT2D eigenvalue weighted by Crippen LogP contribution is 2.33. The minimum atomic E-state index is -0.430. The lowest BCUT2D eigenvalue weighted by Crippen LogP contribution is -2.50. The van der Waals surface area contributed by atoms with Crippen LogP contribution in [-0.4, -0.2) is 30.6 Å². The van der Waals surface area contributed by atoms with Crippen LogP contribution in [0.2, 0.25) is 0 Å². The molecular formula is C12H23N3O2. The maximum Gasteiger partial charge on any atom is 0.321 e. The average molecular weight is 241 g/mol. The quantitative estimate of drug-likeness (QED) is 0.649. The molecule has 0 aliphatic heterocycles. The van der Waals surface area contributed by atoms with Crippen LogP contribution in [0.5, 0.6) is 0 Å². The van der Waals surface area contributed by atoms with Crippen LogP contribution in [0.4, 0.5) is 4.79 Å². The number of urea groups is 1. The molecule has 5 heteroatoms. The number of nitrogens with one attached hydrogen (secondary N) is 3. The van der Waals surface area contributed by atoms with Gasteiger partial charge in [-0.1, -0.05) is 12.8 Å². The molecule has 0 spiro atoms. The molecule has 1 aliphatic carbocycles. The summed E-state index contributed by atoms with van der Waals surface area (Å²) < 4.78 is 0. The first-order valence-corrected chi connectivity index (χ1v) is 6.37. The maximum atomic E-state index is 11.6. The van der Waals surface area contributed by atoms with Gasteiger partial charge in [-0.15, -0.1) is 0 Å². The standard InChI is InChI=1S/C12H23N3O2/c1-4-13-12(17)15-11(16)9(3)14-8(2)7-10-5-6-10/h8-10,14H,4-7H2,1-3H3,(H2,13,15,16,17). The van der Waals surface area contributed by atoms with Gasteiger partial charge < -0.3 is 10.6 Å². The first-order valence-electron chi connectivity index (χ1n) is 6.37. The van der Waals surface area contributed by atoms with Gasteiger partial charge in [0.1, 0.15) is 0 Å². The van der Waals surface area contributed by atoms with Gasteiger partial charge in [0, 0.05) is 12.6 Å². The molecule has 0 aromatic heterocycles. The lowest BCUT2D eigenvalue weighted by molar-refractivity contribution is -0.121. The molecule has 3 amide bonds. The van der Waals surface area contributed by atoms with Gasteiger partial charge in [-0.25, -0.2) is 4.79 Å². The fourth-order valence-electron chi connectivity index (χ4n) is 1.85. The molecular weight excluding hydrogens is 218 g/mol. The smallest absolute Gasteiger partial charge is 0.321 e. The minimum Gasteiger partial charge on any atom is -0.338 e. The average Bonchev–Trinajstić information content (AvgIpc) is 3.01. The summed E-state index contributed by atoms with van der Waals surface area (Å²) in [5.74, 6) is 0.551. The molecule has 17 heavy (non-hydrogen) atoms.